The van der Waals surface area contributed by atoms with E-state index in [9.17, 15) is 4.39 Å². The summed E-state index contributed by atoms with van der Waals surface area (Å²) in [6.45, 7) is 0.280. The summed E-state index contributed by atoms with van der Waals surface area (Å²) < 4.78 is 20.0. The third-order valence-corrected chi connectivity index (χ3v) is 2.01. The Bertz CT molecular complexity index is 498. The molecule has 1 aromatic heterocycles. The predicted molar refractivity (Wildman–Crippen MR) is 53.2 cm³/mol. The molecule has 0 fully saturated rings. The largest absolute Gasteiger partial charge is 0.420 e. The van der Waals surface area contributed by atoms with Gasteiger partial charge in [0.1, 0.15) is 0 Å². The second-order valence-corrected chi connectivity index (χ2v) is 3.16. The van der Waals surface area contributed by atoms with Gasteiger partial charge in [0.15, 0.2) is 11.6 Å². The van der Waals surface area contributed by atoms with Gasteiger partial charge in [-0.3, -0.25) is 0 Å². The van der Waals surface area contributed by atoms with Crippen molar-refractivity contribution in [2.75, 3.05) is 0 Å². The van der Waals surface area contributed by atoms with E-state index in [1.165, 1.54) is 16.8 Å². The van der Waals surface area contributed by atoms with Crippen LogP contribution in [0.25, 0.3) is 0 Å². The van der Waals surface area contributed by atoms with Crippen molar-refractivity contribution in [3.8, 4) is 11.8 Å². The Morgan fingerprint density at radius 1 is 1.50 bits per heavy atom. The number of hydrogen-bond donors (Lipinski definition) is 1. The number of benzene rings is 1. The maximum absolute atomic E-state index is 13.5. The van der Waals surface area contributed by atoms with E-state index in [1.54, 1.807) is 13.1 Å². The topological polar surface area (TPSA) is 78.8 Å². The molecule has 0 aliphatic heterocycles. The Morgan fingerprint density at radius 2 is 2.31 bits per heavy atom. The van der Waals surface area contributed by atoms with Gasteiger partial charge in [-0.15, -0.1) is 0 Å². The van der Waals surface area contributed by atoms with E-state index in [1.807, 2.05) is 0 Å². The molecule has 0 spiro atoms. The van der Waals surface area contributed by atoms with Crippen LogP contribution in [0, 0.1) is 5.82 Å². The molecule has 16 heavy (non-hydrogen) atoms. The molecule has 0 atom stereocenters. The van der Waals surface area contributed by atoms with Crippen LogP contribution in [0.3, 0.4) is 0 Å². The molecular weight excluding hydrogens is 213 g/mol. The molecule has 0 aliphatic carbocycles. The number of aromatic nitrogens is 4. The van der Waals surface area contributed by atoms with E-state index in [2.05, 4.69) is 15.5 Å². The van der Waals surface area contributed by atoms with Crippen LogP contribution in [0.4, 0.5) is 4.39 Å². The fourth-order valence-corrected chi connectivity index (χ4v) is 1.16. The molecule has 7 heteroatoms. The van der Waals surface area contributed by atoms with E-state index in [0.717, 1.165) is 0 Å². The van der Waals surface area contributed by atoms with Crippen LogP contribution >= 0.6 is 0 Å². The van der Waals surface area contributed by atoms with Crippen LogP contribution in [0.2, 0.25) is 0 Å². The number of ether oxygens (including phenoxy) is 1. The van der Waals surface area contributed by atoms with Gasteiger partial charge in [-0.2, -0.15) is 4.68 Å². The van der Waals surface area contributed by atoms with E-state index in [4.69, 9.17) is 10.5 Å². The second kappa shape index (κ2) is 4.23. The van der Waals surface area contributed by atoms with Gasteiger partial charge in [-0.25, -0.2) is 4.39 Å². The Balaban J connectivity index is 2.25. The van der Waals surface area contributed by atoms with Crippen LogP contribution in [0.15, 0.2) is 18.2 Å². The van der Waals surface area contributed by atoms with Crippen molar-refractivity contribution in [3.63, 3.8) is 0 Å². The highest BCUT2D eigenvalue weighted by Crippen LogP contribution is 2.22. The lowest BCUT2D eigenvalue weighted by atomic mass is 10.2. The van der Waals surface area contributed by atoms with Crippen LogP contribution in [0.5, 0.6) is 11.8 Å². The van der Waals surface area contributed by atoms with Gasteiger partial charge >= 0.3 is 6.01 Å². The van der Waals surface area contributed by atoms with Crippen LogP contribution in [-0.4, -0.2) is 20.2 Å². The molecular formula is C9H10FN5O. The van der Waals surface area contributed by atoms with Crippen molar-refractivity contribution < 1.29 is 9.13 Å². The summed E-state index contributed by atoms with van der Waals surface area (Å²) in [5, 5.41) is 10.5. The molecule has 2 aromatic rings. The third-order valence-electron chi connectivity index (χ3n) is 2.01. The maximum atomic E-state index is 13.5. The Labute approximate surface area is 90.8 Å². The van der Waals surface area contributed by atoms with Crippen molar-refractivity contribution in [2.24, 2.45) is 12.8 Å². The maximum Gasteiger partial charge on any atom is 0.340 e. The number of tetrazole rings is 1. The normalized spacial score (nSPS) is 10.4. The smallest absolute Gasteiger partial charge is 0.340 e. The Hall–Kier alpha value is -2.02. The molecule has 0 amide bonds. The molecule has 0 bridgehead atoms. The molecule has 2 rings (SSSR count). The molecule has 0 saturated heterocycles. The molecule has 0 saturated carbocycles. The quantitative estimate of drug-likeness (QED) is 0.824. The van der Waals surface area contributed by atoms with Crippen molar-refractivity contribution in [3.05, 3.63) is 29.6 Å². The lowest BCUT2D eigenvalue weighted by Gasteiger charge is -2.05. The van der Waals surface area contributed by atoms with Gasteiger partial charge in [0, 0.05) is 13.6 Å². The molecule has 0 aliphatic rings. The van der Waals surface area contributed by atoms with E-state index in [0.29, 0.717) is 5.56 Å². The first kappa shape index (κ1) is 10.5. The number of nitrogens with two attached hydrogens (primary N) is 1. The van der Waals surface area contributed by atoms with E-state index < -0.39 is 5.82 Å². The highest BCUT2D eigenvalue weighted by molar-refractivity contribution is 5.30. The molecule has 1 aromatic carbocycles. The first-order valence-corrected chi connectivity index (χ1v) is 4.59. The van der Waals surface area contributed by atoms with Gasteiger partial charge < -0.3 is 10.5 Å². The molecule has 2 N–H and O–H groups in total. The fraction of sp³-hybridized carbons (Fsp3) is 0.222. The standard InChI is InChI=1S/C9H10FN5O/c1-15-9(12-13-14-15)16-8-3-2-6(5-11)4-7(8)10/h2-4H,5,11H2,1H3. The average Bonchev–Trinajstić information content (AvgIpc) is 2.67. The minimum Gasteiger partial charge on any atom is -0.420 e. The van der Waals surface area contributed by atoms with Crippen molar-refractivity contribution in [1.29, 1.82) is 0 Å². The van der Waals surface area contributed by atoms with Crippen LogP contribution in [0.1, 0.15) is 5.56 Å². The van der Waals surface area contributed by atoms with Gasteiger partial charge in [-0.05, 0) is 28.1 Å². The number of hydrogen-bond acceptors (Lipinski definition) is 5. The van der Waals surface area contributed by atoms with E-state index >= 15 is 0 Å². The number of nitrogens with zero attached hydrogens (tertiary/aromatic N) is 4. The molecule has 84 valence electrons. The first-order chi connectivity index (χ1) is 7.70. The first-order valence-electron chi connectivity index (χ1n) is 4.59. The molecule has 6 nitrogen and oxygen atoms in total. The Morgan fingerprint density at radius 3 is 2.88 bits per heavy atom. The summed E-state index contributed by atoms with van der Waals surface area (Å²) in [5.41, 5.74) is 6.08. The zero-order valence-corrected chi connectivity index (χ0v) is 8.59. The van der Waals surface area contributed by atoms with Crippen molar-refractivity contribution in [2.45, 2.75) is 6.54 Å². The van der Waals surface area contributed by atoms with Gasteiger partial charge in [0.05, 0.1) is 0 Å². The lowest BCUT2D eigenvalue weighted by Crippen LogP contribution is -2.00. The van der Waals surface area contributed by atoms with Crippen LogP contribution in [-0.2, 0) is 13.6 Å². The van der Waals surface area contributed by atoms with E-state index in [-0.39, 0.29) is 18.3 Å². The van der Waals surface area contributed by atoms with Crippen molar-refractivity contribution in [1.82, 2.24) is 20.2 Å². The van der Waals surface area contributed by atoms with Gasteiger partial charge in [0.2, 0.25) is 0 Å². The Kier molecular flexibility index (Phi) is 2.78. The average molecular weight is 223 g/mol. The summed E-state index contributed by atoms with van der Waals surface area (Å²) in [4.78, 5) is 0. The number of halogens is 1. The fourth-order valence-electron chi connectivity index (χ4n) is 1.16. The summed E-state index contributed by atoms with van der Waals surface area (Å²) in [6.07, 6.45) is 0. The third kappa shape index (κ3) is 1.98. The van der Waals surface area contributed by atoms with Gasteiger partial charge in [-0.1, -0.05) is 11.2 Å². The highest BCUT2D eigenvalue weighted by Gasteiger charge is 2.09. The zero-order chi connectivity index (χ0) is 11.5. The molecule has 0 unspecified atom stereocenters. The van der Waals surface area contributed by atoms with Gasteiger partial charge in [0.25, 0.3) is 0 Å². The molecule has 0 radical (unpaired) electrons. The minimum absolute atomic E-state index is 0.0649. The minimum atomic E-state index is -0.494. The summed E-state index contributed by atoms with van der Waals surface area (Å²) >= 11 is 0. The van der Waals surface area contributed by atoms with Crippen LogP contribution < -0.4 is 10.5 Å². The lowest BCUT2D eigenvalue weighted by molar-refractivity contribution is 0.390. The highest BCUT2D eigenvalue weighted by atomic mass is 19.1. The predicted octanol–water partition coefficient (Wildman–Crippen LogP) is 0.600. The zero-order valence-electron chi connectivity index (χ0n) is 8.59. The summed E-state index contributed by atoms with van der Waals surface area (Å²) in [5.74, 6) is -0.430. The summed E-state index contributed by atoms with van der Waals surface area (Å²) in [7, 11) is 1.60. The SMILES string of the molecule is Cn1nnnc1Oc1ccc(CN)cc1F. The molecule has 1 heterocycles. The number of aryl methyl sites for hydroxylation is 1. The second-order valence-electron chi connectivity index (χ2n) is 3.16. The monoisotopic (exact) mass is 223 g/mol. The van der Waals surface area contributed by atoms with Crippen molar-refractivity contribution >= 4 is 0 Å². The summed E-state index contributed by atoms with van der Waals surface area (Å²) in [6, 6.07) is 4.62. The number of rotatable bonds is 3.